The van der Waals surface area contributed by atoms with Crippen molar-refractivity contribution in [3.8, 4) is 17.0 Å². The van der Waals surface area contributed by atoms with Gasteiger partial charge in [0.05, 0.1) is 27.8 Å². The number of aromatic nitrogens is 4. The first-order valence-electron chi connectivity index (χ1n) is 10.4. The van der Waals surface area contributed by atoms with Gasteiger partial charge in [-0.25, -0.2) is 9.50 Å². The van der Waals surface area contributed by atoms with Crippen LogP contribution in [0.25, 0.3) is 27.1 Å². The molecule has 2 fully saturated rings. The van der Waals surface area contributed by atoms with Gasteiger partial charge in [0, 0.05) is 28.2 Å². The molecule has 0 unspecified atom stereocenters. The summed E-state index contributed by atoms with van der Waals surface area (Å²) >= 11 is 1.78. The maximum Gasteiger partial charge on any atom is 0.387 e. The Morgan fingerprint density at radius 1 is 1.29 bits per heavy atom. The molecule has 6 rings (SSSR count). The third-order valence-corrected chi connectivity index (χ3v) is 7.53. The monoisotopic (exact) mass is 441 g/mol. The van der Waals surface area contributed by atoms with Gasteiger partial charge in [-0.15, -0.1) is 11.3 Å². The molecule has 1 saturated heterocycles. The summed E-state index contributed by atoms with van der Waals surface area (Å²) in [5, 5.41) is 8.23. The average molecular weight is 442 g/mol. The topological polar surface area (TPSA) is 64.3 Å². The average Bonchev–Trinajstić information content (AvgIpc) is 3.17. The number of nitrogens with zero attached hydrogens (tertiary/aromatic N) is 4. The lowest BCUT2D eigenvalue weighted by molar-refractivity contribution is -0.0491. The van der Waals surface area contributed by atoms with Crippen molar-refractivity contribution in [2.24, 2.45) is 0 Å². The molecule has 6 nitrogen and oxygen atoms in total. The number of nitrogens with one attached hydrogen (secondary N) is 1. The smallest absolute Gasteiger partial charge is 0.387 e. The fraction of sp³-hybridized carbons (Fsp3) is 0.409. The number of alkyl halides is 2. The highest BCUT2D eigenvalue weighted by molar-refractivity contribution is 7.19. The molecule has 4 aromatic heterocycles. The van der Waals surface area contributed by atoms with Crippen molar-refractivity contribution in [2.45, 2.75) is 50.7 Å². The molecule has 4 aromatic rings. The molecule has 1 saturated carbocycles. The standard InChI is InChI=1S/C22H21F2N5OS/c1-12-11-29-20(27-12)17(30-21(23)24)7-15(28-29)14-6-19-16(25-10-14)8-18(31-19)13-2-5-26-22(9-13)3-4-22/h6-8,10-11,13,21,26H,2-5,9H2,1H3/t13-/m0/s1. The third kappa shape index (κ3) is 3.45. The van der Waals surface area contributed by atoms with E-state index in [2.05, 4.69) is 26.4 Å². The number of hydrogen-bond acceptors (Lipinski definition) is 6. The van der Waals surface area contributed by atoms with Gasteiger partial charge in [-0.2, -0.15) is 13.9 Å². The van der Waals surface area contributed by atoms with Gasteiger partial charge in [-0.1, -0.05) is 0 Å². The largest absolute Gasteiger partial charge is 0.431 e. The first-order valence-corrected chi connectivity index (χ1v) is 11.3. The number of fused-ring (bicyclic) bond motifs is 2. The molecule has 1 aliphatic carbocycles. The number of ether oxygens (including phenoxy) is 1. The van der Waals surface area contributed by atoms with E-state index in [-0.39, 0.29) is 11.4 Å². The quantitative estimate of drug-likeness (QED) is 0.487. The summed E-state index contributed by atoms with van der Waals surface area (Å²) in [6.07, 6.45) is 8.33. The number of aryl methyl sites for hydroxylation is 1. The summed E-state index contributed by atoms with van der Waals surface area (Å²) in [4.78, 5) is 10.3. The summed E-state index contributed by atoms with van der Waals surface area (Å²) < 4.78 is 33.2. The van der Waals surface area contributed by atoms with Crippen LogP contribution >= 0.6 is 11.3 Å². The maximum absolute atomic E-state index is 12.9. The van der Waals surface area contributed by atoms with Crippen LogP contribution in [0.4, 0.5) is 8.78 Å². The summed E-state index contributed by atoms with van der Waals surface area (Å²) in [6.45, 7) is -0.0802. The first-order chi connectivity index (χ1) is 15.0. The Labute approximate surface area is 181 Å². The molecular weight excluding hydrogens is 420 g/mol. The highest BCUT2D eigenvalue weighted by Crippen LogP contribution is 2.48. The summed E-state index contributed by atoms with van der Waals surface area (Å²) in [5.41, 5.74) is 3.57. The molecule has 0 bridgehead atoms. The Kier molecular flexibility index (Phi) is 4.26. The van der Waals surface area contributed by atoms with Gasteiger partial charge in [0.2, 0.25) is 0 Å². The molecule has 1 N–H and O–H groups in total. The summed E-state index contributed by atoms with van der Waals surface area (Å²) in [6, 6.07) is 5.75. The molecule has 0 radical (unpaired) electrons. The van der Waals surface area contributed by atoms with Crippen molar-refractivity contribution in [3.05, 3.63) is 41.2 Å². The Balaban J connectivity index is 1.38. The highest BCUT2D eigenvalue weighted by Gasteiger charge is 2.46. The summed E-state index contributed by atoms with van der Waals surface area (Å²) in [7, 11) is 0. The third-order valence-electron chi connectivity index (χ3n) is 6.30. The number of halogens is 2. The van der Waals surface area contributed by atoms with E-state index < -0.39 is 6.61 Å². The lowest BCUT2D eigenvalue weighted by Gasteiger charge is -2.29. The van der Waals surface area contributed by atoms with Crippen LogP contribution in [0.5, 0.6) is 5.75 Å². The van der Waals surface area contributed by atoms with Gasteiger partial charge >= 0.3 is 6.61 Å². The molecular formula is C22H21F2N5OS. The van der Waals surface area contributed by atoms with Gasteiger partial charge in [-0.05, 0) is 57.2 Å². The molecule has 1 atom stereocenters. The Bertz CT molecular complexity index is 1300. The van der Waals surface area contributed by atoms with Crippen LogP contribution < -0.4 is 10.1 Å². The van der Waals surface area contributed by atoms with E-state index in [9.17, 15) is 8.78 Å². The zero-order chi connectivity index (χ0) is 21.2. The lowest BCUT2D eigenvalue weighted by atomic mass is 9.89. The summed E-state index contributed by atoms with van der Waals surface area (Å²) in [5.74, 6) is 0.574. The van der Waals surface area contributed by atoms with Crippen LogP contribution in [0.15, 0.2) is 30.6 Å². The van der Waals surface area contributed by atoms with Crippen molar-refractivity contribution in [1.82, 2.24) is 24.9 Å². The zero-order valence-electron chi connectivity index (χ0n) is 16.9. The van der Waals surface area contributed by atoms with E-state index in [1.54, 1.807) is 30.7 Å². The molecule has 1 spiro atoms. The van der Waals surface area contributed by atoms with E-state index in [1.165, 1.54) is 34.7 Å². The number of hydrogen-bond donors (Lipinski definition) is 1. The van der Waals surface area contributed by atoms with Gasteiger partial charge in [0.1, 0.15) is 0 Å². The Morgan fingerprint density at radius 2 is 2.16 bits per heavy atom. The van der Waals surface area contributed by atoms with E-state index in [0.717, 1.165) is 28.7 Å². The molecule has 31 heavy (non-hydrogen) atoms. The first kappa shape index (κ1) is 19.1. The highest BCUT2D eigenvalue weighted by atomic mass is 32.1. The van der Waals surface area contributed by atoms with Crippen LogP contribution in [0, 0.1) is 6.92 Å². The minimum Gasteiger partial charge on any atom is -0.431 e. The second-order valence-corrected chi connectivity index (χ2v) is 9.69. The minimum absolute atomic E-state index is 0.00417. The van der Waals surface area contributed by atoms with Crippen molar-refractivity contribution in [2.75, 3.05) is 6.54 Å². The number of piperidine rings is 1. The molecule has 2 aliphatic rings. The van der Waals surface area contributed by atoms with Crippen molar-refractivity contribution < 1.29 is 13.5 Å². The predicted molar refractivity (Wildman–Crippen MR) is 115 cm³/mol. The van der Waals surface area contributed by atoms with E-state index in [1.807, 2.05) is 6.07 Å². The Hall–Kier alpha value is -2.65. The number of imidazole rings is 1. The van der Waals surface area contributed by atoms with Crippen LogP contribution in [0.1, 0.15) is 42.2 Å². The minimum atomic E-state index is -2.93. The van der Waals surface area contributed by atoms with Gasteiger partial charge in [0.25, 0.3) is 0 Å². The number of pyridine rings is 1. The second-order valence-electron chi connectivity index (χ2n) is 8.58. The van der Waals surface area contributed by atoms with E-state index in [4.69, 9.17) is 4.74 Å². The fourth-order valence-corrected chi connectivity index (χ4v) is 5.79. The van der Waals surface area contributed by atoms with Gasteiger partial charge in [-0.3, -0.25) is 4.98 Å². The number of thiophene rings is 1. The Morgan fingerprint density at radius 3 is 2.97 bits per heavy atom. The molecule has 0 amide bonds. The van der Waals surface area contributed by atoms with Crippen LogP contribution in [0.2, 0.25) is 0 Å². The van der Waals surface area contributed by atoms with E-state index >= 15 is 0 Å². The van der Waals surface area contributed by atoms with Crippen LogP contribution in [0.3, 0.4) is 0 Å². The molecule has 5 heterocycles. The molecule has 1 aliphatic heterocycles. The molecule has 9 heteroatoms. The normalized spacial score (nSPS) is 20.2. The lowest BCUT2D eigenvalue weighted by Crippen LogP contribution is -2.39. The molecule has 0 aromatic carbocycles. The SMILES string of the molecule is Cc1cn2nc(-c3cnc4cc([C@H]5CCNC6(CC6)C5)sc4c3)cc(OC(F)F)c2n1. The fourth-order valence-electron chi connectivity index (χ4n) is 4.60. The number of rotatable bonds is 4. The van der Waals surface area contributed by atoms with E-state index in [0.29, 0.717) is 22.8 Å². The zero-order valence-corrected chi connectivity index (χ0v) is 17.8. The second kappa shape index (κ2) is 6.93. The maximum atomic E-state index is 12.9. The predicted octanol–water partition coefficient (Wildman–Crippen LogP) is 4.92. The molecule has 160 valence electrons. The van der Waals surface area contributed by atoms with Crippen molar-refractivity contribution >= 4 is 27.2 Å². The van der Waals surface area contributed by atoms with Crippen LogP contribution in [-0.4, -0.2) is 38.3 Å². The van der Waals surface area contributed by atoms with Crippen molar-refractivity contribution in [3.63, 3.8) is 0 Å². The van der Waals surface area contributed by atoms with Gasteiger partial charge in [0.15, 0.2) is 11.4 Å². The van der Waals surface area contributed by atoms with Gasteiger partial charge < -0.3 is 10.1 Å². The van der Waals surface area contributed by atoms with Crippen molar-refractivity contribution in [1.29, 1.82) is 0 Å². The van der Waals surface area contributed by atoms with Crippen LogP contribution in [-0.2, 0) is 0 Å².